The second-order valence-corrected chi connectivity index (χ2v) is 4.86. The smallest absolute Gasteiger partial charge is 0.308 e. The third-order valence-corrected chi connectivity index (χ3v) is 3.60. The Morgan fingerprint density at radius 1 is 1.53 bits per heavy atom. The second-order valence-electron chi connectivity index (χ2n) is 4.86. The lowest BCUT2D eigenvalue weighted by Crippen LogP contribution is -2.26. The number of hydrogen-bond donors (Lipinski definition) is 1. The van der Waals surface area contributed by atoms with Gasteiger partial charge in [-0.2, -0.15) is 0 Å². The summed E-state index contributed by atoms with van der Waals surface area (Å²) in [5.41, 5.74) is 0.757. The highest BCUT2D eigenvalue weighted by atomic mass is 19.1. The molecule has 104 valence electrons. The van der Waals surface area contributed by atoms with Crippen molar-refractivity contribution in [2.45, 2.75) is 5.92 Å². The first-order chi connectivity index (χ1) is 9.11. The Labute approximate surface area is 111 Å². The topological polar surface area (TPSA) is 49.8 Å². The Balaban J connectivity index is 2.15. The summed E-state index contributed by atoms with van der Waals surface area (Å²) in [7, 11) is 1.62. The number of carboxylic acids is 1. The van der Waals surface area contributed by atoms with E-state index < -0.39 is 11.9 Å². The molecule has 0 spiro atoms. The fourth-order valence-electron chi connectivity index (χ4n) is 2.61. The third-order valence-electron chi connectivity index (χ3n) is 3.60. The monoisotopic (exact) mass is 267 g/mol. The summed E-state index contributed by atoms with van der Waals surface area (Å²) in [6.45, 7) is 2.39. The van der Waals surface area contributed by atoms with Gasteiger partial charge in [0.25, 0.3) is 0 Å². The molecule has 19 heavy (non-hydrogen) atoms. The van der Waals surface area contributed by atoms with Crippen molar-refractivity contribution in [3.05, 3.63) is 35.6 Å². The Bertz CT molecular complexity index is 452. The lowest BCUT2D eigenvalue weighted by atomic mass is 9.89. The molecule has 1 fully saturated rings. The maximum Gasteiger partial charge on any atom is 0.308 e. The van der Waals surface area contributed by atoms with Crippen molar-refractivity contribution in [1.29, 1.82) is 0 Å². The van der Waals surface area contributed by atoms with Crippen LogP contribution < -0.4 is 0 Å². The SMILES string of the molecule is COCCN1CC(C(=O)O)C(c2cccc(F)c2)C1. The van der Waals surface area contributed by atoms with Crippen molar-refractivity contribution in [3.63, 3.8) is 0 Å². The van der Waals surface area contributed by atoms with Crippen molar-refractivity contribution in [1.82, 2.24) is 4.90 Å². The predicted octanol–water partition coefficient (Wildman–Crippen LogP) is 1.57. The summed E-state index contributed by atoms with van der Waals surface area (Å²) in [6.07, 6.45) is 0. The number of rotatable bonds is 5. The first-order valence-corrected chi connectivity index (χ1v) is 6.31. The number of nitrogens with zero attached hydrogens (tertiary/aromatic N) is 1. The zero-order chi connectivity index (χ0) is 13.8. The number of carboxylic acid groups (broad SMARTS) is 1. The van der Waals surface area contributed by atoms with E-state index in [-0.39, 0.29) is 11.7 Å². The van der Waals surface area contributed by atoms with Gasteiger partial charge in [0.2, 0.25) is 0 Å². The summed E-state index contributed by atoms with van der Waals surface area (Å²) in [4.78, 5) is 13.4. The summed E-state index contributed by atoms with van der Waals surface area (Å²) in [6, 6.07) is 6.22. The summed E-state index contributed by atoms with van der Waals surface area (Å²) >= 11 is 0. The number of hydrogen-bond acceptors (Lipinski definition) is 3. The van der Waals surface area contributed by atoms with Crippen molar-refractivity contribution >= 4 is 5.97 Å². The number of halogens is 1. The molecule has 1 heterocycles. The van der Waals surface area contributed by atoms with Crippen molar-refractivity contribution in [3.8, 4) is 0 Å². The van der Waals surface area contributed by atoms with E-state index in [9.17, 15) is 14.3 Å². The van der Waals surface area contributed by atoms with Crippen LogP contribution in [0.4, 0.5) is 4.39 Å². The first-order valence-electron chi connectivity index (χ1n) is 6.31. The molecular weight excluding hydrogens is 249 g/mol. The molecular formula is C14H18FNO3. The van der Waals surface area contributed by atoms with Gasteiger partial charge in [0.1, 0.15) is 5.82 Å². The molecule has 1 N–H and O–H groups in total. The number of aliphatic carboxylic acids is 1. The standard InChI is InChI=1S/C14H18FNO3/c1-19-6-5-16-8-12(13(9-16)14(17)18)10-3-2-4-11(15)7-10/h2-4,7,12-13H,5-6,8-9H2,1H3,(H,17,18). The van der Waals surface area contributed by atoms with Crippen LogP contribution in [0.25, 0.3) is 0 Å². The lowest BCUT2D eigenvalue weighted by Gasteiger charge is -2.15. The molecule has 1 aliphatic heterocycles. The molecule has 4 nitrogen and oxygen atoms in total. The van der Waals surface area contributed by atoms with Crippen molar-refractivity contribution in [2.75, 3.05) is 33.4 Å². The van der Waals surface area contributed by atoms with Gasteiger partial charge in [0.05, 0.1) is 12.5 Å². The average Bonchev–Trinajstić information content (AvgIpc) is 2.80. The number of likely N-dealkylation sites (tertiary alicyclic amines) is 1. The van der Waals surface area contributed by atoms with E-state index >= 15 is 0 Å². The highest BCUT2D eigenvalue weighted by Crippen LogP contribution is 2.33. The average molecular weight is 267 g/mol. The quantitative estimate of drug-likeness (QED) is 0.880. The van der Waals surface area contributed by atoms with E-state index in [0.29, 0.717) is 26.2 Å². The molecule has 2 atom stereocenters. The number of carbonyl (C=O) groups is 1. The first kappa shape index (κ1) is 14.0. The van der Waals surface area contributed by atoms with Gasteiger partial charge >= 0.3 is 5.97 Å². The molecule has 1 aliphatic rings. The van der Waals surface area contributed by atoms with Gasteiger partial charge in [-0.25, -0.2) is 4.39 Å². The molecule has 0 radical (unpaired) electrons. The maximum atomic E-state index is 13.3. The predicted molar refractivity (Wildman–Crippen MR) is 68.6 cm³/mol. The van der Waals surface area contributed by atoms with Gasteiger partial charge in [0, 0.05) is 32.7 Å². The fraction of sp³-hybridized carbons (Fsp3) is 0.500. The minimum atomic E-state index is -0.825. The van der Waals surface area contributed by atoms with Crippen molar-refractivity contribution < 1.29 is 19.0 Å². The van der Waals surface area contributed by atoms with Crippen LogP contribution in [0.5, 0.6) is 0 Å². The van der Waals surface area contributed by atoms with E-state index in [0.717, 1.165) is 5.56 Å². The van der Waals surface area contributed by atoms with E-state index in [1.807, 2.05) is 0 Å². The highest BCUT2D eigenvalue weighted by molar-refractivity contribution is 5.72. The van der Waals surface area contributed by atoms with Crippen LogP contribution in [-0.4, -0.2) is 49.3 Å². The zero-order valence-electron chi connectivity index (χ0n) is 10.9. The zero-order valence-corrected chi connectivity index (χ0v) is 10.9. The Morgan fingerprint density at radius 2 is 2.32 bits per heavy atom. The lowest BCUT2D eigenvalue weighted by molar-refractivity contribution is -0.141. The van der Waals surface area contributed by atoms with Crippen molar-refractivity contribution in [2.24, 2.45) is 5.92 Å². The number of benzene rings is 1. The largest absolute Gasteiger partial charge is 0.481 e. The molecule has 1 aromatic carbocycles. The fourth-order valence-corrected chi connectivity index (χ4v) is 2.61. The minimum absolute atomic E-state index is 0.162. The molecule has 5 heteroatoms. The van der Waals surface area contributed by atoms with Gasteiger partial charge in [-0.05, 0) is 17.7 Å². The Hall–Kier alpha value is -1.46. The van der Waals surface area contributed by atoms with Gasteiger partial charge < -0.3 is 9.84 Å². The molecule has 0 bridgehead atoms. The van der Waals surface area contributed by atoms with Gasteiger partial charge in [-0.1, -0.05) is 12.1 Å². The molecule has 2 rings (SSSR count). The summed E-state index contributed by atoms with van der Waals surface area (Å²) in [5, 5.41) is 9.31. The van der Waals surface area contributed by atoms with Crippen LogP contribution >= 0.6 is 0 Å². The molecule has 1 saturated heterocycles. The normalized spacial score (nSPS) is 23.7. The van der Waals surface area contributed by atoms with Crippen LogP contribution in [0.1, 0.15) is 11.5 Å². The summed E-state index contributed by atoms with van der Waals surface area (Å²) < 4.78 is 18.3. The molecule has 2 unspecified atom stereocenters. The van der Waals surface area contributed by atoms with E-state index in [1.54, 1.807) is 19.2 Å². The second kappa shape index (κ2) is 6.12. The molecule has 0 aromatic heterocycles. The number of methoxy groups -OCH3 is 1. The molecule has 0 amide bonds. The van der Waals surface area contributed by atoms with Crippen LogP contribution in [-0.2, 0) is 9.53 Å². The molecule has 1 aromatic rings. The Kier molecular flexibility index (Phi) is 4.50. The molecule has 0 saturated carbocycles. The van der Waals surface area contributed by atoms with Crippen LogP contribution in [0.2, 0.25) is 0 Å². The van der Waals surface area contributed by atoms with Gasteiger partial charge in [-0.3, -0.25) is 9.69 Å². The van der Waals surface area contributed by atoms with Gasteiger partial charge in [-0.15, -0.1) is 0 Å². The van der Waals surface area contributed by atoms with Crippen LogP contribution in [0, 0.1) is 11.7 Å². The summed E-state index contributed by atoms with van der Waals surface area (Å²) in [5.74, 6) is -1.80. The third kappa shape index (κ3) is 3.30. The maximum absolute atomic E-state index is 13.3. The highest BCUT2D eigenvalue weighted by Gasteiger charge is 2.38. The Morgan fingerprint density at radius 3 is 2.95 bits per heavy atom. The van der Waals surface area contributed by atoms with Gasteiger partial charge in [0.15, 0.2) is 0 Å². The van der Waals surface area contributed by atoms with E-state index in [1.165, 1.54) is 12.1 Å². The van der Waals surface area contributed by atoms with Crippen LogP contribution in [0.15, 0.2) is 24.3 Å². The molecule has 0 aliphatic carbocycles. The van der Waals surface area contributed by atoms with E-state index in [4.69, 9.17) is 4.74 Å². The minimum Gasteiger partial charge on any atom is -0.481 e. The van der Waals surface area contributed by atoms with E-state index in [2.05, 4.69) is 4.90 Å². The number of ether oxygens (including phenoxy) is 1. The van der Waals surface area contributed by atoms with Crippen LogP contribution in [0.3, 0.4) is 0 Å².